The summed E-state index contributed by atoms with van der Waals surface area (Å²) in [7, 11) is 0. The molecule has 2 rings (SSSR count). The number of oxime groups is 1. The molecule has 17 heavy (non-hydrogen) atoms. The van der Waals surface area contributed by atoms with Crippen LogP contribution in [0.4, 0.5) is 0 Å². The largest absolute Gasteiger partial charge is 0.411 e. The van der Waals surface area contributed by atoms with Crippen LogP contribution in [-0.2, 0) is 0 Å². The summed E-state index contributed by atoms with van der Waals surface area (Å²) >= 11 is 0. The van der Waals surface area contributed by atoms with Crippen LogP contribution in [0.3, 0.4) is 0 Å². The van der Waals surface area contributed by atoms with Crippen molar-refractivity contribution in [1.29, 1.82) is 0 Å². The second-order valence-corrected chi connectivity index (χ2v) is 3.98. The Hall–Kier alpha value is -2.09. The van der Waals surface area contributed by atoms with E-state index >= 15 is 0 Å². The van der Waals surface area contributed by atoms with Gasteiger partial charge in [-0.3, -0.25) is 0 Å². The lowest BCUT2D eigenvalue weighted by molar-refractivity contribution is 0.317. The number of rotatable bonds is 3. The summed E-state index contributed by atoms with van der Waals surface area (Å²) in [6.07, 6.45) is 0. The van der Waals surface area contributed by atoms with Crippen LogP contribution in [0, 0.1) is 0 Å². The van der Waals surface area contributed by atoms with Crippen LogP contribution in [0.1, 0.15) is 24.0 Å². The van der Waals surface area contributed by atoms with Crippen molar-refractivity contribution in [1.82, 2.24) is 0 Å². The molecule has 0 aliphatic rings. The molecule has 0 aliphatic carbocycles. The topological polar surface area (TPSA) is 32.6 Å². The highest BCUT2D eigenvalue weighted by Gasteiger charge is 2.15. The van der Waals surface area contributed by atoms with Gasteiger partial charge in [-0.2, -0.15) is 0 Å². The maximum Gasteiger partial charge on any atom is 0.0939 e. The Balaban J connectivity index is 2.33. The lowest BCUT2D eigenvalue weighted by Crippen LogP contribution is -2.11. The SMILES string of the molecule is CC(/C(=N\O)c1ccccc1)c1ccccc1. The molecule has 0 saturated heterocycles. The summed E-state index contributed by atoms with van der Waals surface area (Å²) in [6, 6.07) is 19.8. The van der Waals surface area contributed by atoms with E-state index in [9.17, 15) is 5.21 Å². The summed E-state index contributed by atoms with van der Waals surface area (Å²) in [6.45, 7) is 2.04. The van der Waals surface area contributed by atoms with Gasteiger partial charge >= 0.3 is 0 Å². The Bertz CT molecular complexity index is 491. The van der Waals surface area contributed by atoms with E-state index in [1.165, 1.54) is 0 Å². The van der Waals surface area contributed by atoms with Crippen LogP contribution in [0.2, 0.25) is 0 Å². The summed E-state index contributed by atoms with van der Waals surface area (Å²) in [5.74, 6) is 0.0728. The summed E-state index contributed by atoms with van der Waals surface area (Å²) in [5, 5.41) is 12.7. The predicted molar refractivity (Wildman–Crippen MR) is 69.6 cm³/mol. The van der Waals surface area contributed by atoms with E-state index in [0.29, 0.717) is 5.71 Å². The molecular weight excluding hydrogens is 210 g/mol. The molecular formula is C15H15NO. The quantitative estimate of drug-likeness (QED) is 0.482. The summed E-state index contributed by atoms with van der Waals surface area (Å²) in [4.78, 5) is 0. The van der Waals surface area contributed by atoms with Crippen molar-refractivity contribution >= 4 is 5.71 Å². The fraction of sp³-hybridized carbons (Fsp3) is 0.133. The number of nitrogens with zero attached hydrogens (tertiary/aromatic N) is 1. The average Bonchev–Trinajstić information content (AvgIpc) is 2.42. The fourth-order valence-corrected chi connectivity index (χ4v) is 1.90. The zero-order valence-electron chi connectivity index (χ0n) is 9.75. The van der Waals surface area contributed by atoms with Gasteiger partial charge in [0.15, 0.2) is 0 Å². The molecule has 0 bridgehead atoms. The lowest BCUT2D eigenvalue weighted by atomic mass is 9.92. The van der Waals surface area contributed by atoms with Gasteiger partial charge in [0.05, 0.1) is 5.71 Å². The highest BCUT2D eigenvalue weighted by Crippen LogP contribution is 2.20. The highest BCUT2D eigenvalue weighted by atomic mass is 16.4. The molecule has 2 aromatic rings. The van der Waals surface area contributed by atoms with E-state index in [1.807, 2.05) is 67.6 Å². The van der Waals surface area contributed by atoms with Crippen molar-refractivity contribution in [2.24, 2.45) is 5.16 Å². The first-order chi connectivity index (χ1) is 8.33. The van der Waals surface area contributed by atoms with Crippen molar-refractivity contribution in [2.45, 2.75) is 12.8 Å². The molecule has 0 aromatic heterocycles. The molecule has 0 heterocycles. The molecule has 1 unspecified atom stereocenters. The Morgan fingerprint density at radius 2 is 1.47 bits per heavy atom. The molecule has 2 aromatic carbocycles. The van der Waals surface area contributed by atoms with Gasteiger partial charge < -0.3 is 5.21 Å². The maximum absolute atomic E-state index is 9.20. The monoisotopic (exact) mass is 225 g/mol. The number of benzene rings is 2. The van der Waals surface area contributed by atoms with Crippen LogP contribution in [0.5, 0.6) is 0 Å². The van der Waals surface area contributed by atoms with Gasteiger partial charge in [0.2, 0.25) is 0 Å². The highest BCUT2D eigenvalue weighted by molar-refractivity contribution is 6.04. The molecule has 0 aliphatic heterocycles. The van der Waals surface area contributed by atoms with E-state index < -0.39 is 0 Å². The van der Waals surface area contributed by atoms with Crippen LogP contribution in [-0.4, -0.2) is 10.9 Å². The van der Waals surface area contributed by atoms with E-state index in [0.717, 1.165) is 11.1 Å². The smallest absolute Gasteiger partial charge is 0.0939 e. The van der Waals surface area contributed by atoms with Gasteiger partial charge in [0.25, 0.3) is 0 Å². The predicted octanol–water partition coefficient (Wildman–Crippen LogP) is 3.67. The van der Waals surface area contributed by atoms with E-state index in [1.54, 1.807) is 0 Å². The van der Waals surface area contributed by atoms with E-state index in [4.69, 9.17) is 0 Å². The summed E-state index contributed by atoms with van der Waals surface area (Å²) in [5.41, 5.74) is 2.78. The first-order valence-electron chi connectivity index (χ1n) is 5.65. The van der Waals surface area contributed by atoms with Crippen molar-refractivity contribution < 1.29 is 5.21 Å². The fourth-order valence-electron chi connectivity index (χ4n) is 1.90. The van der Waals surface area contributed by atoms with Crippen LogP contribution in [0.15, 0.2) is 65.8 Å². The van der Waals surface area contributed by atoms with Gasteiger partial charge in [-0.25, -0.2) is 0 Å². The van der Waals surface area contributed by atoms with Gasteiger partial charge in [-0.1, -0.05) is 72.7 Å². The summed E-state index contributed by atoms with van der Waals surface area (Å²) < 4.78 is 0. The molecule has 1 atom stereocenters. The van der Waals surface area contributed by atoms with Crippen LogP contribution >= 0.6 is 0 Å². The molecule has 0 saturated carbocycles. The number of hydrogen-bond acceptors (Lipinski definition) is 2. The third-order valence-electron chi connectivity index (χ3n) is 2.89. The van der Waals surface area contributed by atoms with Gasteiger partial charge in [0, 0.05) is 5.92 Å². The normalized spacial score (nSPS) is 13.4. The second kappa shape index (κ2) is 5.30. The minimum absolute atomic E-state index is 0.0728. The second-order valence-electron chi connectivity index (χ2n) is 3.98. The Morgan fingerprint density at radius 1 is 0.941 bits per heavy atom. The molecule has 1 N–H and O–H groups in total. The van der Waals surface area contributed by atoms with Crippen molar-refractivity contribution in [3.63, 3.8) is 0 Å². The van der Waals surface area contributed by atoms with E-state index in [2.05, 4.69) is 5.16 Å². The zero-order chi connectivity index (χ0) is 12.1. The van der Waals surface area contributed by atoms with Crippen molar-refractivity contribution in [2.75, 3.05) is 0 Å². The molecule has 0 spiro atoms. The van der Waals surface area contributed by atoms with Crippen molar-refractivity contribution in [3.05, 3.63) is 71.8 Å². The molecule has 2 nitrogen and oxygen atoms in total. The van der Waals surface area contributed by atoms with Gasteiger partial charge in [-0.05, 0) is 11.1 Å². The molecule has 2 heteroatoms. The zero-order valence-corrected chi connectivity index (χ0v) is 9.75. The molecule has 0 amide bonds. The average molecular weight is 225 g/mol. The van der Waals surface area contributed by atoms with Crippen molar-refractivity contribution in [3.8, 4) is 0 Å². The van der Waals surface area contributed by atoms with Gasteiger partial charge in [-0.15, -0.1) is 0 Å². The Labute approximate surface area is 101 Å². The molecule has 0 radical (unpaired) electrons. The van der Waals surface area contributed by atoms with Crippen LogP contribution < -0.4 is 0 Å². The maximum atomic E-state index is 9.20. The Kier molecular flexibility index (Phi) is 3.55. The standard InChI is InChI=1S/C15H15NO/c1-12(13-8-4-2-5-9-13)15(16-17)14-10-6-3-7-11-14/h2-12,17H,1H3/b16-15+. The third-order valence-corrected chi connectivity index (χ3v) is 2.89. The van der Waals surface area contributed by atoms with Gasteiger partial charge in [0.1, 0.15) is 0 Å². The number of hydrogen-bond donors (Lipinski definition) is 1. The molecule has 0 fully saturated rings. The lowest BCUT2D eigenvalue weighted by Gasteiger charge is -2.13. The minimum Gasteiger partial charge on any atom is -0.411 e. The van der Waals surface area contributed by atoms with E-state index in [-0.39, 0.29) is 5.92 Å². The van der Waals surface area contributed by atoms with Crippen LogP contribution in [0.25, 0.3) is 0 Å². The Morgan fingerprint density at radius 3 is 2.00 bits per heavy atom. The molecule has 86 valence electrons. The first kappa shape index (κ1) is 11.4. The first-order valence-corrected chi connectivity index (χ1v) is 5.65. The minimum atomic E-state index is 0.0728. The third kappa shape index (κ3) is 2.53.